The van der Waals surface area contributed by atoms with Crippen LogP contribution in [0.2, 0.25) is 5.02 Å². The lowest BCUT2D eigenvalue weighted by Gasteiger charge is -2.56. The van der Waals surface area contributed by atoms with Gasteiger partial charge in [0.1, 0.15) is 22.8 Å². The minimum absolute atomic E-state index is 0.0839. The SMILES string of the molecule is CCNC(=O)N(CC(C)[C@@H]1CC[C@@H](C)[C@@]2(O)[C@@H]1C=C(C)[C@@H](OC(C)=O)[C@@H]2OC(=O)[C@@H]1C[C@@]2(OC(=O)OC(C)(C)C)c3cccc(Cl)c3N(C)O[C@H]2N1C(=O)OC(C)(C)C)C1CC1. The third-order valence-electron chi connectivity index (χ3n) is 12.7. The summed E-state index contributed by atoms with van der Waals surface area (Å²) in [4.78, 5) is 78.7. The molecule has 17 heteroatoms. The van der Waals surface area contributed by atoms with Crippen LogP contribution in [0.4, 0.5) is 20.1 Å². The number of urea groups is 1. The maximum Gasteiger partial charge on any atom is 0.509 e. The number of fused-ring (bicyclic) bond motifs is 4. The molecule has 344 valence electrons. The zero-order valence-electron chi connectivity index (χ0n) is 38.1. The summed E-state index contributed by atoms with van der Waals surface area (Å²) >= 11 is 6.73. The van der Waals surface area contributed by atoms with E-state index in [-0.39, 0.29) is 28.9 Å². The number of halogens is 1. The van der Waals surface area contributed by atoms with Crippen molar-refractivity contribution in [2.24, 2.45) is 23.7 Å². The van der Waals surface area contributed by atoms with Gasteiger partial charge in [0.2, 0.25) is 6.23 Å². The van der Waals surface area contributed by atoms with E-state index in [0.717, 1.165) is 24.2 Å². The normalized spacial score (nSPS) is 31.0. The lowest BCUT2D eigenvalue weighted by atomic mass is 9.55. The fraction of sp³-hybridized carbons (Fsp3) is 0.711. The molecule has 1 aromatic carbocycles. The molecule has 3 aliphatic carbocycles. The number of carbonyl (C=O) groups excluding carboxylic acids is 5. The highest BCUT2D eigenvalue weighted by Gasteiger charge is 2.67. The van der Waals surface area contributed by atoms with Gasteiger partial charge in [-0.1, -0.05) is 43.7 Å². The predicted octanol–water partition coefficient (Wildman–Crippen LogP) is 7.23. The van der Waals surface area contributed by atoms with Crippen LogP contribution < -0.4 is 10.4 Å². The molecule has 0 radical (unpaired) electrons. The average Bonchev–Trinajstić information content (AvgIpc) is 3.93. The first-order valence-electron chi connectivity index (χ1n) is 21.8. The summed E-state index contributed by atoms with van der Waals surface area (Å²) in [5.41, 5.74) is -4.47. The van der Waals surface area contributed by atoms with E-state index in [4.69, 9.17) is 40.1 Å². The van der Waals surface area contributed by atoms with Gasteiger partial charge in [-0.05, 0) is 110 Å². The number of carbonyl (C=O) groups is 5. The molecule has 0 spiro atoms. The highest BCUT2D eigenvalue weighted by Crippen LogP contribution is 2.56. The van der Waals surface area contributed by atoms with Crippen molar-refractivity contribution < 1.29 is 57.6 Å². The Morgan fingerprint density at radius 2 is 1.69 bits per heavy atom. The van der Waals surface area contributed by atoms with E-state index in [2.05, 4.69) is 12.2 Å². The number of likely N-dealkylation sites (tertiary alicyclic amines) is 1. The molecule has 1 aromatic rings. The van der Waals surface area contributed by atoms with Gasteiger partial charge in [-0.25, -0.2) is 24.0 Å². The average molecular weight is 889 g/mol. The number of ether oxygens (including phenoxy) is 5. The lowest BCUT2D eigenvalue weighted by Crippen LogP contribution is -2.66. The van der Waals surface area contributed by atoms with E-state index >= 15 is 4.79 Å². The number of para-hydroxylation sites is 1. The summed E-state index contributed by atoms with van der Waals surface area (Å²) in [6.45, 7) is 19.8. The second kappa shape index (κ2) is 17.4. The van der Waals surface area contributed by atoms with Crippen LogP contribution >= 0.6 is 11.6 Å². The highest BCUT2D eigenvalue weighted by molar-refractivity contribution is 6.33. The van der Waals surface area contributed by atoms with E-state index in [1.807, 2.05) is 24.8 Å². The van der Waals surface area contributed by atoms with Crippen molar-refractivity contribution in [2.75, 3.05) is 25.2 Å². The number of rotatable bonds is 9. The third-order valence-corrected chi connectivity index (χ3v) is 13.0. The minimum Gasteiger partial charge on any atom is -0.454 e. The van der Waals surface area contributed by atoms with Gasteiger partial charge < -0.3 is 39.0 Å². The Bertz CT molecular complexity index is 1940. The Balaban J connectivity index is 1.43. The molecule has 3 fully saturated rings. The van der Waals surface area contributed by atoms with Crippen molar-refractivity contribution in [1.29, 1.82) is 0 Å². The number of hydrogen-bond donors (Lipinski definition) is 2. The van der Waals surface area contributed by atoms with Gasteiger partial charge in [-0.15, -0.1) is 0 Å². The fourth-order valence-corrected chi connectivity index (χ4v) is 10.2. The van der Waals surface area contributed by atoms with Crippen molar-refractivity contribution in [3.8, 4) is 0 Å². The molecule has 2 N–H and O–H groups in total. The van der Waals surface area contributed by atoms with Crippen LogP contribution in [0.1, 0.15) is 114 Å². The quantitative estimate of drug-likeness (QED) is 0.144. The van der Waals surface area contributed by atoms with E-state index in [1.54, 1.807) is 73.7 Å². The number of esters is 2. The van der Waals surface area contributed by atoms with Crippen LogP contribution in [0, 0.1) is 23.7 Å². The molecule has 3 amide bonds. The Morgan fingerprint density at radius 1 is 1.03 bits per heavy atom. The Morgan fingerprint density at radius 3 is 2.29 bits per heavy atom. The number of nitrogens with zero attached hydrogens (tertiary/aromatic N) is 3. The number of anilines is 1. The number of nitrogens with one attached hydrogen (secondary N) is 1. The molecule has 62 heavy (non-hydrogen) atoms. The van der Waals surface area contributed by atoms with Crippen molar-refractivity contribution in [1.82, 2.24) is 15.1 Å². The smallest absolute Gasteiger partial charge is 0.454 e. The molecule has 2 aliphatic heterocycles. The molecule has 0 aromatic heterocycles. The van der Waals surface area contributed by atoms with Crippen LogP contribution in [-0.4, -0.2) is 113 Å². The van der Waals surface area contributed by atoms with Gasteiger partial charge in [-0.3, -0.25) is 14.8 Å². The first kappa shape index (κ1) is 47.2. The summed E-state index contributed by atoms with van der Waals surface area (Å²) in [5, 5.41) is 17.8. The Kier molecular flexibility index (Phi) is 13.2. The number of aliphatic hydroxyl groups is 1. The molecule has 1 unspecified atom stereocenters. The first-order chi connectivity index (χ1) is 28.8. The van der Waals surface area contributed by atoms with Crippen molar-refractivity contribution in [2.45, 2.75) is 161 Å². The lowest BCUT2D eigenvalue weighted by molar-refractivity contribution is -0.227. The van der Waals surface area contributed by atoms with Crippen molar-refractivity contribution in [3.05, 3.63) is 40.4 Å². The topological polar surface area (TPSA) is 183 Å². The first-order valence-corrected chi connectivity index (χ1v) is 22.2. The van der Waals surface area contributed by atoms with E-state index in [1.165, 1.54) is 12.0 Å². The molecule has 0 bridgehead atoms. The zero-order valence-corrected chi connectivity index (χ0v) is 38.9. The van der Waals surface area contributed by atoms with E-state index < -0.39 is 89.3 Å². The van der Waals surface area contributed by atoms with E-state index in [9.17, 15) is 24.3 Å². The number of hydroxylamine groups is 1. The van der Waals surface area contributed by atoms with Crippen LogP contribution in [0.3, 0.4) is 0 Å². The highest BCUT2D eigenvalue weighted by atomic mass is 35.5. The number of hydrogen-bond acceptors (Lipinski definition) is 13. The maximum absolute atomic E-state index is 15.2. The standard InChI is InChI=1S/C45H65ClN4O12/c1-13-47-39(53)49(28-18-19-28)23-25(3)29-20-17-26(4)45(56)31(29)21-24(2)35(57-27(5)51)36(45)58-37(52)33-22-44(61-41(55)60-43(9,10)11)30-15-14-16-32(46)34(30)48(12)62-38(44)50(33)40(54)59-42(6,7)8/h14-16,21,25-26,28-29,31,33,35-36,38,56H,13,17-20,22-23H2,1-12H3,(H,47,53)/t25?,26-,29+,31-,33+,35-,36+,38-,44-,45-/m1/s1. The number of benzene rings is 1. The molecule has 10 atom stereocenters. The summed E-state index contributed by atoms with van der Waals surface area (Å²) < 4.78 is 30.1. The number of amides is 3. The predicted molar refractivity (Wildman–Crippen MR) is 228 cm³/mol. The van der Waals surface area contributed by atoms with Gasteiger partial charge in [0.05, 0.1) is 10.7 Å². The van der Waals surface area contributed by atoms with Gasteiger partial charge >= 0.3 is 30.2 Å². The zero-order chi connectivity index (χ0) is 45.9. The maximum atomic E-state index is 15.2. The third kappa shape index (κ3) is 9.19. The monoisotopic (exact) mass is 888 g/mol. The largest absolute Gasteiger partial charge is 0.509 e. The molecule has 6 rings (SSSR count). The second-order valence-electron chi connectivity index (χ2n) is 19.7. The second-order valence-corrected chi connectivity index (χ2v) is 20.1. The van der Waals surface area contributed by atoms with Gasteiger partial charge in [0, 0.05) is 51.0 Å². The van der Waals surface area contributed by atoms with Crippen LogP contribution in [0.15, 0.2) is 29.8 Å². The fourth-order valence-electron chi connectivity index (χ4n) is 9.86. The van der Waals surface area contributed by atoms with Gasteiger partial charge in [0.25, 0.3) is 0 Å². The van der Waals surface area contributed by atoms with Crippen molar-refractivity contribution >= 4 is 47.5 Å². The summed E-state index contributed by atoms with van der Waals surface area (Å²) in [7, 11) is 1.57. The van der Waals surface area contributed by atoms with E-state index in [0.29, 0.717) is 36.3 Å². The molecule has 1 saturated heterocycles. The van der Waals surface area contributed by atoms with Crippen LogP contribution in [-0.2, 0) is 43.7 Å². The van der Waals surface area contributed by atoms with Crippen molar-refractivity contribution in [3.63, 3.8) is 0 Å². The van der Waals surface area contributed by atoms with Crippen LogP contribution in [0.25, 0.3) is 0 Å². The summed E-state index contributed by atoms with van der Waals surface area (Å²) in [6, 6.07) is 3.41. The minimum atomic E-state index is -1.90. The Labute approximate surface area is 369 Å². The summed E-state index contributed by atoms with van der Waals surface area (Å²) in [5.74, 6) is -2.93. The van der Waals surface area contributed by atoms with Gasteiger partial charge in [-0.2, -0.15) is 0 Å². The molecule has 16 nitrogen and oxygen atoms in total. The van der Waals surface area contributed by atoms with Gasteiger partial charge in [0.15, 0.2) is 17.8 Å². The molecule has 2 saturated carbocycles. The molecule has 2 heterocycles. The molecular weight excluding hydrogens is 824 g/mol. The van der Waals surface area contributed by atoms with Crippen LogP contribution in [0.5, 0.6) is 0 Å². The molecular formula is C45H65ClN4O12. The summed E-state index contributed by atoms with van der Waals surface area (Å²) in [6.07, 6.45) is -1.58. The molecule has 5 aliphatic rings. The Hall–Kier alpha value is -4.28.